The zero-order valence-corrected chi connectivity index (χ0v) is 19.3. The first-order valence-corrected chi connectivity index (χ1v) is 12.5. The molecule has 1 fully saturated rings. The highest BCUT2D eigenvalue weighted by Crippen LogP contribution is 2.50. The summed E-state index contributed by atoms with van der Waals surface area (Å²) in [5.41, 5.74) is 4.46. The number of thioether (sulfide) groups is 1. The Morgan fingerprint density at radius 2 is 1.84 bits per heavy atom. The first-order chi connectivity index (χ1) is 15.6. The Hall–Kier alpha value is -2.61. The molecule has 1 aliphatic rings. The Labute approximate surface area is 196 Å². The van der Waals surface area contributed by atoms with Gasteiger partial charge in [0.25, 0.3) is 5.91 Å². The van der Waals surface area contributed by atoms with Gasteiger partial charge in [-0.15, -0.1) is 23.1 Å². The zero-order valence-electron chi connectivity index (χ0n) is 17.7. The van der Waals surface area contributed by atoms with E-state index in [1.54, 1.807) is 28.6 Å². The Balaban J connectivity index is 1.52. The molecule has 0 bridgehead atoms. The molecule has 3 N–H and O–H groups in total. The molecule has 0 radical (unpaired) electrons. The average Bonchev–Trinajstić information content (AvgIpc) is 3.35. The van der Waals surface area contributed by atoms with E-state index in [0.29, 0.717) is 12.1 Å². The van der Waals surface area contributed by atoms with Crippen LogP contribution in [0.3, 0.4) is 0 Å². The lowest BCUT2D eigenvalue weighted by Crippen LogP contribution is -2.32. The molecule has 5 nitrogen and oxygen atoms in total. The zero-order chi connectivity index (χ0) is 22.4. The van der Waals surface area contributed by atoms with Crippen molar-refractivity contribution in [1.29, 1.82) is 0 Å². The molecule has 0 saturated carbocycles. The number of carbonyl (C=O) groups excluding carboxylic acids is 2. The topological polar surface area (TPSA) is 78.4 Å². The van der Waals surface area contributed by atoms with Crippen LogP contribution < -0.4 is 10.8 Å². The Morgan fingerprint density at radius 1 is 1.00 bits per heavy atom. The Morgan fingerprint density at radius 3 is 2.59 bits per heavy atom. The highest BCUT2D eigenvalue weighted by molar-refractivity contribution is 8.00. The summed E-state index contributed by atoms with van der Waals surface area (Å²) in [7, 11) is 0. The molecular weight excluding hydrogens is 440 g/mol. The SMILES string of the molecule is O=C(C[C@]1(c2ccc(-c3cccc(C(=O)NCc4ccccc4)c3)s2)CCCCS1)NO. The van der Waals surface area contributed by atoms with Gasteiger partial charge >= 0.3 is 0 Å². The molecule has 2 amide bonds. The molecule has 32 heavy (non-hydrogen) atoms. The van der Waals surface area contributed by atoms with Gasteiger partial charge in [-0.1, -0.05) is 48.9 Å². The number of hydroxylamine groups is 1. The maximum absolute atomic E-state index is 12.7. The van der Waals surface area contributed by atoms with Crippen LogP contribution in [0.1, 0.15) is 46.5 Å². The minimum atomic E-state index is -0.355. The summed E-state index contributed by atoms with van der Waals surface area (Å²) in [6.45, 7) is 0.486. The molecule has 2 heterocycles. The Bertz CT molecular complexity index is 1080. The monoisotopic (exact) mass is 466 g/mol. The van der Waals surface area contributed by atoms with E-state index >= 15 is 0 Å². The van der Waals surface area contributed by atoms with E-state index in [1.807, 2.05) is 54.6 Å². The van der Waals surface area contributed by atoms with E-state index in [-0.39, 0.29) is 23.0 Å². The number of rotatable bonds is 7. The van der Waals surface area contributed by atoms with E-state index < -0.39 is 0 Å². The number of thiophene rings is 1. The van der Waals surface area contributed by atoms with Crippen LogP contribution in [-0.2, 0) is 16.1 Å². The van der Waals surface area contributed by atoms with Gasteiger partial charge in [-0.3, -0.25) is 14.8 Å². The second-order valence-corrected chi connectivity index (χ2v) is 10.5. The quantitative estimate of drug-likeness (QED) is 0.324. The molecule has 0 spiro atoms. The number of carbonyl (C=O) groups is 2. The van der Waals surface area contributed by atoms with Gasteiger partial charge in [0.15, 0.2) is 0 Å². The van der Waals surface area contributed by atoms with Crippen molar-refractivity contribution in [3.8, 4) is 10.4 Å². The molecular formula is C25H26N2O3S2. The first kappa shape index (κ1) is 22.6. The minimum Gasteiger partial charge on any atom is -0.348 e. The smallest absolute Gasteiger partial charge is 0.251 e. The summed E-state index contributed by atoms with van der Waals surface area (Å²) >= 11 is 3.46. The first-order valence-electron chi connectivity index (χ1n) is 10.7. The van der Waals surface area contributed by atoms with Crippen LogP contribution in [-0.4, -0.2) is 22.8 Å². The van der Waals surface area contributed by atoms with Crippen LogP contribution in [0, 0.1) is 0 Å². The second-order valence-electron chi connectivity index (χ2n) is 7.92. The molecule has 7 heteroatoms. The lowest BCUT2D eigenvalue weighted by atomic mass is 9.94. The highest BCUT2D eigenvalue weighted by Gasteiger charge is 2.38. The fourth-order valence-electron chi connectivity index (χ4n) is 4.00. The van der Waals surface area contributed by atoms with Crippen molar-refractivity contribution in [2.24, 2.45) is 0 Å². The number of amides is 2. The van der Waals surface area contributed by atoms with Crippen LogP contribution in [0.5, 0.6) is 0 Å². The van der Waals surface area contributed by atoms with Gasteiger partial charge in [-0.2, -0.15) is 0 Å². The van der Waals surface area contributed by atoms with Crippen LogP contribution in [0.4, 0.5) is 0 Å². The summed E-state index contributed by atoms with van der Waals surface area (Å²) < 4.78 is -0.307. The fraction of sp³-hybridized carbons (Fsp3) is 0.280. The lowest BCUT2D eigenvalue weighted by Gasteiger charge is -2.35. The highest BCUT2D eigenvalue weighted by atomic mass is 32.2. The van der Waals surface area contributed by atoms with Crippen LogP contribution in [0.25, 0.3) is 10.4 Å². The van der Waals surface area contributed by atoms with Crippen molar-refractivity contribution in [2.45, 2.75) is 37.0 Å². The molecule has 166 valence electrons. The van der Waals surface area contributed by atoms with Gasteiger partial charge in [0.2, 0.25) is 5.91 Å². The second kappa shape index (κ2) is 10.3. The third-order valence-corrected chi connectivity index (χ3v) is 8.77. The molecule has 4 rings (SSSR count). The average molecular weight is 467 g/mol. The number of nitrogens with one attached hydrogen (secondary N) is 2. The lowest BCUT2D eigenvalue weighted by molar-refractivity contribution is -0.129. The van der Waals surface area contributed by atoms with Gasteiger partial charge in [-0.05, 0) is 54.0 Å². The summed E-state index contributed by atoms with van der Waals surface area (Å²) in [6, 6.07) is 21.6. The molecule has 1 aromatic heterocycles. The van der Waals surface area contributed by atoms with Gasteiger partial charge in [0.1, 0.15) is 0 Å². The van der Waals surface area contributed by atoms with Crippen molar-refractivity contribution in [1.82, 2.24) is 10.8 Å². The predicted octanol–water partition coefficient (Wildman–Crippen LogP) is 5.35. The molecule has 3 aromatic rings. The summed E-state index contributed by atoms with van der Waals surface area (Å²) in [4.78, 5) is 26.9. The molecule has 2 aromatic carbocycles. The molecule has 0 unspecified atom stereocenters. The molecule has 1 aliphatic heterocycles. The Kier molecular flexibility index (Phi) is 7.29. The maximum atomic E-state index is 12.7. The third kappa shape index (κ3) is 5.23. The summed E-state index contributed by atoms with van der Waals surface area (Å²) in [5, 5.41) is 12.0. The summed E-state index contributed by atoms with van der Waals surface area (Å²) in [5.74, 6) is 0.543. The normalized spacial score (nSPS) is 18.2. The van der Waals surface area contributed by atoms with Crippen molar-refractivity contribution < 1.29 is 14.8 Å². The van der Waals surface area contributed by atoms with Gasteiger partial charge in [0.05, 0.1) is 4.75 Å². The van der Waals surface area contributed by atoms with Crippen molar-refractivity contribution in [3.05, 3.63) is 82.7 Å². The van der Waals surface area contributed by atoms with Crippen LogP contribution >= 0.6 is 23.1 Å². The van der Waals surface area contributed by atoms with Gasteiger partial charge in [0, 0.05) is 28.3 Å². The molecule has 1 atom stereocenters. The van der Waals surface area contributed by atoms with Crippen molar-refractivity contribution in [2.75, 3.05) is 5.75 Å². The van der Waals surface area contributed by atoms with Crippen molar-refractivity contribution in [3.63, 3.8) is 0 Å². The van der Waals surface area contributed by atoms with Crippen LogP contribution in [0.15, 0.2) is 66.7 Å². The number of hydrogen-bond donors (Lipinski definition) is 3. The standard InChI is InChI=1S/C25H26N2O3S2/c28-23(27-30)16-25(13-4-5-14-31-25)22-12-11-21(32-22)19-9-6-10-20(15-19)24(29)26-17-18-7-2-1-3-8-18/h1-3,6-12,15,30H,4-5,13-14,16-17H2,(H,26,29)(H,27,28)/t25-/m0/s1. The number of hydrogen-bond acceptors (Lipinski definition) is 5. The predicted molar refractivity (Wildman–Crippen MR) is 130 cm³/mol. The largest absolute Gasteiger partial charge is 0.348 e. The molecule has 1 saturated heterocycles. The summed E-state index contributed by atoms with van der Waals surface area (Å²) in [6.07, 6.45) is 3.38. The van der Waals surface area contributed by atoms with E-state index in [1.165, 1.54) is 0 Å². The van der Waals surface area contributed by atoms with Gasteiger partial charge < -0.3 is 5.32 Å². The van der Waals surface area contributed by atoms with E-state index in [0.717, 1.165) is 45.9 Å². The van der Waals surface area contributed by atoms with Gasteiger partial charge in [-0.25, -0.2) is 5.48 Å². The maximum Gasteiger partial charge on any atom is 0.251 e. The molecule has 0 aliphatic carbocycles. The van der Waals surface area contributed by atoms with E-state index in [4.69, 9.17) is 5.21 Å². The van der Waals surface area contributed by atoms with Crippen LogP contribution in [0.2, 0.25) is 0 Å². The number of benzene rings is 2. The van der Waals surface area contributed by atoms with E-state index in [9.17, 15) is 9.59 Å². The van der Waals surface area contributed by atoms with E-state index in [2.05, 4.69) is 17.4 Å². The van der Waals surface area contributed by atoms with Crippen molar-refractivity contribution >= 4 is 34.9 Å². The minimum absolute atomic E-state index is 0.105. The third-order valence-electron chi connectivity index (χ3n) is 5.68. The fourth-order valence-corrected chi connectivity index (χ4v) is 6.89.